The molecule has 0 radical (unpaired) electrons. The third kappa shape index (κ3) is 3.58. The molecule has 104 valence electrons. The Hall–Kier alpha value is -0.340. The third-order valence-electron chi connectivity index (χ3n) is 4.62. The van der Waals surface area contributed by atoms with Crippen molar-refractivity contribution in [1.29, 1.82) is 0 Å². The summed E-state index contributed by atoms with van der Waals surface area (Å²) >= 11 is 0. The van der Waals surface area contributed by atoms with Gasteiger partial charge in [0.25, 0.3) is 0 Å². The summed E-state index contributed by atoms with van der Waals surface area (Å²) in [6.45, 7) is 9.09. The highest BCUT2D eigenvalue weighted by molar-refractivity contribution is 5.13. The highest BCUT2D eigenvalue weighted by Crippen LogP contribution is 2.34. The zero-order valence-corrected chi connectivity index (χ0v) is 12.2. The molecule has 18 heavy (non-hydrogen) atoms. The van der Waals surface area contributed by atoms with Crippen molar-refractivity contribution in [2.45, 2.75) is 65.0 Å². The van der Waals surface area contributed by atoms with E-state index in [2.05, 4.69) is 24.8 Å². The first-order chi connectivity index (χ1) is 8.56. The second-order valence-corrected chi connectivity index (χ2v) is 6.59. The minimum atomic E-state index is -0.154. The van der Waals surface area contributed by atoms with Crippen LogP contribution in [0.3, 0.4) is 0 Å². The van der Waals surface area contributed by atoms with Crippen LogP contribution in [0, 0.1) is 11.8 Å². The fourth-order valence-corrected chi connectivity index (χ4v) is 3.68. The molecule has 2 heteroatoms. The van der Waals surface area contributed by atoms with Crippen molar-refractivity contribution < 1.29 is 5.11 Å². The Balaban J connectivity index is 1.88. The van der Waals surface area contributed by atoms with Crippen LogP contribution in [0.4, 0.5) is 0 Å². The molecule has 2 nitrogen and oxygen atoms in total. The molecule has 0 aromatic heterocycles. The lowest BCUT2D eigenvalue weighted by molar-refractivity contribution is 0.174. The third-order valence-corrected chi connectivity index (χ3v) is 4.62. The molecule has 2 fully saturated rings. The molecule has 1 N–H and O–H groups in total. The van der Waals surface area contributed by atoms with Gasteiger partial charge < -0.3 is 5.11 Å². The van der Waals surface area contributed by atoms with Crippen molar-refractivity contribution in [3.05, 3.63) is 11.6 Å². The molecular weight excluding hydrogens is 222 g/mol. The van der Waals surface area contributed by atoms with Crippen molar-refractivity contribution in [3.8, 4) is 0 Å². The summed E-state index contributed by atoms with van der Waals surface area (Å²) in [6.07, 6.45) is 8.45. The molecule has 0 bridgehead atoms. The number of fused-ring (bicyclic) bond motifs is 1. The zero-order chi connectivity index (χ0) is 13.1. The number of rotatable bonds is 4. The fraction of sp³-hybridized carbons (Fsp3) is 0.875. The van der Waals surface area contributed by atoms with E-state index < -0.39 is 0 Å². The van der Waals surface area contributed by atoms with Gasteiger partial charge in [-0.3, -0.25) is 4.90 Å². The van der Waals surface area contributed by atoms with E-state index in [9.17, 15) is 5.11 Å². The molecule has 0 aliphatic carbocycles. The standard InChI is InChI=1S/C16H29NO/c1-12(6-7-14(3)18)9-15-10-13(2)16-5-4-8-17(16)11-15/h9,12-14,16,18H,4-8,10-11H2,1-3H3/b15-9-. The molecule has 0 amide bonds. The molecule has 2 heterocycles. The first-order valence-electron chi connectivity index (χ1n) is 7.68. The van der Waals surface area contributed by atoms with Gasteiger partial charge in [0.2, 0.25) is 0 Å². The van der Waals surface area contributed by atoms with E-state index in [4.69, 9.17) is 0 Å². The molecule has 0 saturated carbocycles. The topological polar surface area (TPSA) is 23.5 Å². The maximum Gasteiger partial charge on any atom is 0.0512 e. The molecule has 2 saturated heterocycles. The van der Waals surface area contributed by atoms with E-state index in [0.717, 1.165) is 24.8 Å². The maximum absolute atomic E-state index is 9.34. The van der Waals surface area contributed by atoms with Crippen molar-refractivity contribution in [1.82, 2.24) is 4.90 Å². The van der Waals surface area contributed by atoms with Crippen molar-refractivity contribution in [3.63, 3.8) is 0 Å². The van der Waals surface area contributed by atoms with E-state index in [1.54, 1.807) is 5.57 Å². The number of hydrogen-bond acceptors (Lipinski definition) is 2. The predicted molar refractivity (Wildman–Crippen MR) is 76.5 cm³/mol. The lowest BCUT2D eigenvalue weighted by Gasteiger charge is -2.36. The number of aliphatic hydroxyl groups is 1. The van der Waals surface area contributed by atoms with E-state index in [0.29, 0.717) is 5.92 Å². The maximum atomic E-state index is 9.34. The van der Waals surface area contributed by atoms with Gasteiger partial charge in [-0.2, -0.15) is 0 Å². The Bertz CT molecular complexity index is 297. The van der Waals surface area contributed by atoms with Gasteiger partial charge in [-0.1, -0.05) is 25.5 Å². The van der Waals surface area contributed by atoms with Crippen LogP contribution in [-0.2, 0) is 0 Å². The SMILES string of the molecule is CC(O)CCC(C)/C=C1/CC(C)C2CCCN2C1. The molecule has 2 aliphatic heterocycles. The molecular formula is C16H29NO. The van der Waals surface area contributed by atoms with E-state index >= 15 is 0 Å². The Labute approximate surface area is 112 Å². The summed E-state index contributed by atoms with van der Waals surface area (Å²) in [5.74, 6) is 1.44. The van der Waals surface area contributed by atoms with Crippen LogP contribution in [0.15, 0.2) is 11.6 Å². The van der Waals surface area contributed by atoms with Crippen molar-refractivity contribution >= 4 is 0 Å². The summed E-state index contributed by atoms with van der Waals surface area (Å²) in [5.41, 5.74) is 1.64. The molecule has 4 atom stereocenters. The van der Waals surface area contributed by atoms with Gasteiger partial charge in [0.05, 0.1) is 6.10 Å². The second-order valence-electron chi connectivity index (χ2n) is 6.59. The van der Waals surface area contributed by atoms with Gasteiger partial charge >= 0.3 is 0 Å². The van der Waals surface area contributed by atoms with Gasteiger partial charge in [0.1, 0.15) is 0 Å². The Morgan fingerprint density at radius 3 is 2.89 bits per heavy atom. The summed E-state index contributed by atoms with van der Waals surface area (Å²) in [6, 6.07) is 0.856. The fourth-order valence-electron chi connectivity index (χ4n) is 3.68. The van der Waals surface area contributed by atoms with Crippen molar-refractivity contribution in [2.24, 2.45) is 11.8 Å². The molecule has 4 unspecified atom stereocenters. The smallest absolute Gasteiger partial charge is 0.0512 e. The lowest BCUT2D eigenvalue weighted by atomic mass is 9.86. The predicted octanol–water partition coefficient (Wildman–Crippen LogP) is 3.21. The molecule has 0 aromatic carbocycles. The minimum Gasteiger partial charge on any atom is -0.393 e. The lowest BCUT2D eigenvalue weighted by Crippen LogP contribution is -2.40. The average Bonchev–Trinajstić information content (AvgIpc) is 2.75. The number of piperidine rings is 1. The van der Waals surface area contributed by atoms with Gasteiger partial charge in [-0.15, -0.1) is 0 Å². The quantitative estimate of drug-likeness (QED) is 0.776. The van der Waals surface area contributed by atoms with Gasteiger partial charge in [-0.05, 0) is 57.4 Å². The monoisotopic (exact) mass is 251 g/mol. The van der Waals surface area contributed by atoms with Gasteiger partial charge in [-0.25, -0.2) is 0 Å². The number of nitrogens with zero attached hydrogens (tertiary/aromatic N) is 1. The van der Waals surface area contributed by atoms with Crippen LogP contribution in [0.5, 0.6) is 0 Å². The molecule has 2 aliphatic rings. The summed E-state index contributed by atoms with van der Waals surface area (Å²) in [4.78, 5) is 2.68. The molecule has 0 aromatic rings. The van der Waals surface area contributed by atoms with E-state index in [1.165, 1.54) is 32.4 Å². The minimum absolute atomic E-state index is 0.154. The number of allylic oxidation sites excluding steroid dienone is 1. The first-order valence-corrected chi connectivity index (χ1v) is 7.68. The Morgan fingerprint density at radius 2 is 2.17 bits per heavy atom. The van der Waals surface area contributed by atoms with Crippen LogP contribution < -0.4 is 0 Å². The highest BCUT2D eigenvalue weighted by Gasteiger charge is 2.33. The normalized spacial score (nSPS) is 34.6. The van der Waals surface area contributed by atoms with Crippen LogP contribution in [0.1, 0.15) is 52.9 Å². The van der Waals surface area contributed by atoms with Crippen LogP contribution in [-0.4, -0.2) is 35.2 Å². The van der Waals surface area contributed by atoms with Crippen LogP contribution in [0.2, 0.25) is 0 Å². The molecule has 2 rings (SSSR count). The summed E-state index contributed by atoms with van der Waals surface area (Å²) in [7, 11) is 0. The largest absolute Gasteiger partial charge is 0.393 e. The van der Waals surface area contributed by atoms with Crippen LogP contribution >= 0.6 is 0 Å². The van der Waals surface area contributed by atoms with Gasteiger partial charge in [0, 0.05) is 12.6 Å². The first kappa shape index (κ1) is 14.1. The second kappa shape index (κ2) is 6.21. The Kier molecular flexibility index (Phi) is 4.85. The average molecular weight is 251 g/mol. The van der Waals surface area contributed by atoms with Crippen molar-refractivity contribution in [2.75, 3.05) is 13.1 Å². The Morgan fingerprint density at radius 1 is 1.39 bits per heavy atom. The van der Waals surface area contributed by atoms with E-state index in [1.807, 2.05) is 6.92 Å². The summed E-state index contributed by atoms with van der Waals surface area (Å²) < 4.78 is 0. The van der Waals surface area contributed by atoms with Crippen LogP contribution in [0.25, 0.3) is 0 Å². The van der Waals surface area contributed by atoms with E-state index in [-0.39, 0.29) is 6.10 Å². The summed E-state index contributed by atoms with van der Waals surface area (Å²) in [5, 5.41) is 9.34. The zero-order valence-electron chi connectivity index (χ0n) is 12.2. The number of hydrogen-bond donors (Lipinski definition) is 1. The van der Waals surface area contributed by atoms with Gasteiger partial charge in [0.15, 0.2) is 0 Å². The highest BCUT2D eigenvalue weighted by atomic mass is 16.3. The number of aliphatic hydroxyl groups excluding tert-OH is 1. The molecule has 0 spiro atoms.